The van der Waals surface area contributed by atoms with Gasteiger partial charge in [-0.25, -0.2) is 4.68 Å². The van der Waals surface area contributed by atoms with Crippen molar-refractivity contribution in [1.29, 1.82) is 0 Å². The van der Waals surface area contributed by atoms with Crippen molar-refractivity contribution in [2.45, 2.75) is 19.0 Å². The number of nitrogens with zero attached hydrogens (tertiary/aromatic N) is 3. The predicted octanol–water partition coefficient (Wildman–Crippen LogP) is 2.15. The van der Waals surface area contributed by atoms with Crippen LogP contribution in [0.2, 0.25) is 0 Å². The standard InChI is InChI=1S/C18H18N4O2/c1-12-9-15(13-5-2-3-6-14(13)20-12)21-16-10-24-11-17(16)22-18(23)7-4-8-19-22/h2-9,16-17H,10-11H2,1H3,(H,20,21). The average molecular weight is 322 g/mol. The molecule has 1 aliphatic heterocycles. The zero-order valence-electron chi connectivity index (χ0n) is 13.3. The first kappa shape index (κ1) is 14.8. The van der Waals surface area contributed by atoms with Gasteiger partial charge >= 0.3 is 0 Å². The lowest BCUT2D eigenvalue weighted by Gasteiger charge is -2.22. The summed E-state index contributed by atoms with van der Waals surface area (Å²) in [4.78, 5) is 16.6. The molecule has 0 aliphatic carbocycles. The van der Waals surface area contributed by atoms with Crippen LogP contribution in [0.3, 0.4) is 0 Å². The van der Waals surface area contributed by atoms with Gasteiger partial charge < -0.3 is 10.1 Å². The molecule has 122 valence electrons. The normalized spacial score (nSPS) is 20.4. The van der Waals surface area contributed by atoms with Gasteiger partial charge in [0.1, 0.15) is 6.04 Å². The Bertz CT molecular complexity index is 937. The minimum atomic E-state index is -0.133. The Morgan fingerprint density at radius 2 is 2.08 bits per heavy atom. The molecule has 0 amide bonds. The van der Waals surface area contributed by atoms with Gasteiger partial charge in [-0.2, -0.15) is 5.10 Å². The number of nitrogens with one attached hydrogen (secondary N) is 1. The van der Waals surface area contributed by atoms with Crippen molar-refractivity contribution in [3.05, 3.63) is 64.7 Å². The number of hydrogen-bond donors (Lipinski definition) is 1. The van der Waals surface area contributed by atoms with Crippen molar-refractivity contribution in [3.8, 4) is 0 Å². The van der Waals surface area contributed by atoms with Crippen molar-refractivity contribution in [2.24, 2.45) is 0 Å². The third-order valence-electron chi connectivity index (χ3n) is 4.29. The molecule has 0 bridgehead atoms. The Hall–Kier alpha value is -2.73. The maximum Gasteiger partial charge on any atom is 0.267 e. The number of aromatic nitrogens is 3. The Balaban J connectivity index is 1.70. The zero-order chi connectivity index (χ0) is 16.5. The maximum atomic E-state index is 12.1. The van der Waals surface area contributed by atoms with Crippen LogP contribution in [0.15, 0.2) is 53.5 Å². The SMILES string of the molecule is Cc1cc(NC2COCC2n2ncccc2=O)c2ccccc2n1. The van der Waals surface area contributed by atoms with E-state index >= 15 is 0 Å². The molecular weight excluding hydrogens is 304 g/mol. The number of hydrogen-bond acceptors (Lipinski definition) is 5. The van der Waals surface area contributed by atoms with Gasteiger partial charge in [0.05, 0.1) is 24.8 Å². The molecule has 0 saturated carbocycles. The summed E-state index contributed by atoms with van der Waals surface area (Å²) >= 11 is 0. The van der Waals surface area contributed by atoms with Gasteiger partial charge in [-0.1, -0.05) is 18.2 Å². The Labute approximate surface area is 139 Å². The van der Waals surface area contributed by atoms with E-state index in [4.69, 9.17) is 4.74 Å². The Morgan fingerprint density at radius 1 is 1.21 bits per heavy atom. The molecular formula is C18H18N4O2. The van der Waals surface area contributed by atoms with Crippen LogP contribution in [-0.4, -0.2) is 34.0 Å². The van der Waals surface area contributed by atoms with E-state index in [1.807, 2.05) is 37.3 Å². The highest BCUT2D eigenvalue weighted by Crippen LogP contribution is 2.27. The third kappa shape index (κ3) is 2.65. The second kappa shape index (κ2) is 6.05. The molecule has 1 aliphatic rings. The van der Waals surface area contributed by atoms with Gasteiger partial charge in [-0.3, -0.25) is 9.78 Å². The van der Waals surface area contributed by atoms with Gasteiger partial charge in [-0.05, 0) is 25.1 Å². The molecule has 1 aromatic carbocycles. The van der Waals surface area contributed by atoms with E-state index in [-0.39, 0.29) is 17.6 Å². The topological polar surface area (TPSA) is 69.0 Å². The number of benzene rings is 1. The van der Waals surface area contributed by atoms with Crippen LogP contribution in [0.1, 0.15) is 11.7 Å². The lowest BCUT2D eigenvalue weighted by Crippen LogP contribution is -2.37. The molecule has 0 radical (unpaired) electrons. The van der Waals surface area contributed by atoms with E-state index in [2.05, 4.69) is 15.4 Å². The molecule has 6 heteroatoms. The Morgan fingerprint density at radius 3 is 2.96 bits per heavy atom. The summed E-state index contributed by atoms with van der Waals surface area (Å²) < 4.78 is 7.12. The molecule has 3 aromatic rings. The first-order valence-electron chi connectivity index (χ1n) is 7.97. The van der Waals surface area contributed by atoms with Gasteiger partial charge in [0.2, 0.25) is 0 Å². The van der Waals surface area contributed by atoms with Gasteiger partial charge in [0.15, 0.2) is 0 Å². The quantitative estimate of drug-likeness (QED) is 0.800. The smallest absolute Gasteiger partial charge is 0.267 e. The van der Waals surface area contributed by atoms with Crippen molar-refractivity contribution in [1.82, 2.24) is 14.8 Å². The highest BCUT2D eigenvalue weighted by molar-refractivity contribution is 5.91. The van der Waals surface area contributed by atoms with E-state index in [1.165, 1.54) is 10.7 Å². The molecule has 0 spiro atoms. The highest BCUT2D eigenvalue weighted by Gasteiger charge is 2.31. The van der Waals surface area contributed by atoms with E-state index in [1.54, 1.807) is 12.3 Å². The highest BCUT2D eigenvalue weighted by atomic mass is 16.5. The monoisotopic (exact) mass is 322 g/mol. The van der Waals surface area contributed by atoms with Crippen molar-refractivity contribution in [3.63, 3.8) is 0 Å². The summed E-state index contributed by atoms with van der Waals surface area (Å²) in [5.41, 5.74) is 2.78. The number of anilines is 1. The second-order valence-corrected chi connectivity index (χ2v) is 5.99. The van der Waals surface area contributed by atoms with Crippen LogP contribution in [0.5, 0.6) is 0 Å². The molecule has 2 unspecified atom stereocenters. The van der Waals surface area contributed by atoms with Crippen LogP contribution < -0.4 is 10.9 Å². The number of rotatable bonds is 3. The fraction of sp³-hybridized carbons (Fsp3) is 0.278. The maximum absolute atomic E-state index is 12.1. The van der Waals surface area contributed by atoms with E-state index in [0.29, 0.717) is 13.2 Å². The summed E-state index contributed by atoms with van der Waals surface area (Å²) in [5, 5.41) is 8.80. The number of aryl methyl sites for hydroxylation is 1. The first-order valence-corrected chi connectivity index (χ1v) is 7.97. The Kier molecular flexibility index (Phi) is 3.74. The summed E-state index contributed by atoms with van der Waals surface area (Å²) in [6.45, 7) is 2.98. The van der Waals surface area contributed by atoms with Crippen LogP contribution in [0.25, 0.3) is 10.9 Å². The fourth-order valence-electron chi connectivity index (χ4n) is 3.17. The molecule has 4 rings (SSSR count). The van der Waals surface area contributed by atoms with E-state index in [0.717, 1.165) is 22.3 Å². The first-order chi connectivity index (χ1) is 11.7. The van der Waals surface area contributed by atoms with Crippen LogP contribution in [0.4, 0.5) is 5.69 Å². The molecule has 24 heavy (non-hydrogen) atoms. The number of pyridine rings is 1. The third-order valence-corrected chi connectivity index (χ3v) is 4.29. The lowest BCUT2D eigenvalue weighted by atomic mass is 10.1. The van der Waals surface area contributed by atoms with Crippen LogP contribution >= 0.6 is 0 Å². The minimum absolute atomic E-state index is 0.0252. The number of ether oxygens (including phenoxy) is 1. The molecule has 2 atom stereocenters. The summed E-state index contributed by atoms with van der Waals surface area (Å²) in [7, 11) is 0. The molecule has 1 N–H and O–H groups in total. The summed E-state index contributed by atoms with van der Waals surface area (Å²) in [5.74, 6) is 0. The zero-order valence-corrected chi connectivity index (χ0v) is 13.3. The number of fused-ring (bicyclic) bond motifs is 1. The fourth-order valence-corrected chi connectivity index (χ4v) is 3.17. The number of para-hydroxylation sites is 1. The van der Waals surface area contributed by atoms with Gasteiger partial charge in [0.25, 0.3) is 5.56 Å². The molecule has 1 saturated heterocycles. The molecule has 2 aromatic heterocycles. The van der Waals surface area contributed by atoms with Crippen molar-refractivity contribution in [2.75, 3.05) is 18.5 Å². The van der Waals surface area contributed by atoms with Crippen molar-refractivity contribution >= 4 is 16.6 Å². The van der Waals surface area contributed by atoms with Gasteiger partial charge in [0, 0.05) is 29.0 Å². The van der Waals surface area contributed by atoms with Gasteiger partial charge in [-0.15, -0.1) is 0 Å². The lowest BCUT2D eigenvalue weighted by molar-refractivity contribution is 0.183. The second-order valence-electron chi connectivity index (χ2n) is 5.99. The largest absolute Gasteiger partial charge is 0.377 e. The van der Waals surface area contributed by atoms with Crippen LogP contribution in [-0.2, 0) is 4.74 Å². The van der Waals surface area contributed by atoms with Crippen LogP contribution in [0, 0.1) is 6.92 Å². The molecule has 6 nitrogen and oxygen atoms in total. The van der Waals surface area contributed by atoms with Crippen molar-refractivity contribution < 1.29 is 4.74 Å². The predicted molar refractivity (Wildman–Crippen MR) is 92.2 cm³/mol. The van der Waals surface area contributed by atoms with E-state index in [9.17, 15) is 4.79 Å². The molecule has 3 heterocycles. The van der Waals surface area contributed by atoms with E-state index < -0.39 is 0 Å². The molecule has 1 fully saturated rings. The summed E-state index contributed by atoms with van der Waals surface area (Å²) in [6, 6.07) is 13.1. The average Bonchev–Trinajstić information content (AvgIpc) is 3.03. The summed E-state index contributed by atoms with van der Waals surface area (Å²) in [6.07, 6.45) is 1.63. The minimum Gasteiger partial charge on any atom is -0.377 e.